The Morgan fingerprint density at radius 2 is 1.80 bits per heavy atom. The van der Waals surface area contributed by atoms with Gasteiger partial charge in [-0.1, -0.05) is 55.2 Å². The molecule has 1 aromatic carbocycles. The Morgan fingerprint density at radius 3 is 2.50 bits per heavy atom. The lowest BCUT2D eigenvalue weighted by atomic mass is 9.87. The highest BCUT2D eigenvalue weighted by atomic mass is 32.2. The van der Waals surface area contributed by atoms with Gasteiger partial charge in [0.15, 0.2) is 5.13 Å². The number of pyridine rings is 2. The van der Waals surface area contributed by atoms with Crippen molar-refractivity contribution >= 4 is 48.7 Å². The van der Waals surface area contributed by atoms with Crippen molar-refractivity contribution in [1.29, 1.82) is 0 Å². The van der Waals surface area contributed by atoms with E-state index in [1.54, 1.807) is 30.3 Å². The van der Waals surface area contributed by atoms with E-state index in [9.17, 15) is 23.1 Å². The number of amides is 1. The average Bonchev–Trinajstić information content (AvgIpc) is 3.69. The topological polar surface area (TPSA) is 146 Å². The normalized spacial score (nSPS) is 19.2. The number of aromatic nitrogens is 3. The fraction of sp³-hybridized carbons (Fsp3) is 0.387. The first-order valence-corrected chi connectivity index (χ1v) is 17.0. The number of likely N-dealkylation sites (N-methyl/N-ethyl adjacent to an activating group) is 1. The summed E-state index contributed by atoms with van der Waals surface area (Å²) in [5.41, 5.74) is 2.89. The number of piperazine rings is 1. The number of fused-ring (bicyclic) bond motifs is 1. The van der Waals surface area contributed by atoms with Crippen LogP contribution in [0.4, 0.5) is 5.13 Å². The predicted molar refractivity (Wildman–Crippen MR) is 168 cm³/mol. The molecule has 4 aromatic rings. The third kappa shape index (κ3) is 6.36. The van der Waals surface area contributed by atoms with E-state index in [2.05, 4.69) is 15.3 Å². The number of nitrogens with one attached hydrogen (secondary N) is 1. The van der Waals surface area contributed by atoms with Crippen molar-refractivity contribution < 1.29 is 23.1 Å². The molecule has 1 saturated heterocycles. The van der Waals surface area contributed by atoms with Crippen molar-refractivity contribution in [3.8, 4) is 11.4 Å². The first-order valence-electron chi connectivity index (χ1n) is 14.7. The van der Waals surface area contributed by atoms with Crippen LogP contribution >= 0.6 is 11.3 Å². The molecule has 1 aliphatic heterocycles. The van der Waals surface area contributed by atoms with E-state index >= 15 is 0 Å². The largest absolute Gasteiger partial charge is 0.480 e. The van der Waals surface area contributed by atoms with Gasteiger partial charge in [0.2, 0.25) is 15.9 Å². The molecule has 44 heavy (non-hydrogen) atoms. The van der Waals surface area contributed by atoms with E-state index in [-0.39, 0.29) is 23.9 Å². The lowest BCUT2D eigenvalue weighted by Crippen LogP contribution is -2.56. The molecule has 2 aliphatic rings. The Balaban J connectivity index is 1.22. The minimum absolute atomic E-state index is 0.0796. The van der Waals surface area contributed by atoms with Gasteiger partial charge in [-0.05, 0) is 61.3 Å². The van der Waals surface area contributed by atoms with Crippen LogP contribution in [0.25, 0.3) is 21.7 Å². The summed E-state index contributed by atoms with van der Waals surface area (Å²) in [6, 6.07) is 14.9. The molecule has 11 nitrogen and oxygen atoms in total. The molecule has 4 heterocycles. The van der Waals surface area contributed by atoms with Gasteiger partial charge in [-0.15, -0.1) is 0 Å². The summed E-state index contributed by atoms with van der Waals surface area (Å²) in [5.74, 6) is -1.33. The van der Waals surface area contributed by atoms with E-state index in [0.29, 0.717) is 34.4 Å². The molecule has 2 fully saturated rings. The molecule has 0 spiro atoms. The predicted octanol–water partition coefficient (Wildman–Crippen LogP) is 4.45. The second-order valence-electron chi connectivity index (χ2n) is 11.4. The van der Waals surface area contributed by atoms with Gasteiger partial charge in [0.05, 0.1) is 22.2 Å². The molecule has 0 radical (unpaired) electrons. The summed E-state index contributed by atoms with van der Waals surface area (Å²) in [6.07, 6.45) is 6.77. The zero-order valence-corrected chi connectivity index (χ0v) is 25.9. The molecule has 2 N–H and O–H groups in total. The van der Waals surface area contributed by atoms with Gasteiger partial charge >= 0.3 is 5.97 Å². The van der Waals surface area contributed by atoms with Crippen LogP contribution in [-0.4, -0.2) is 82.3 Å². The minimum atomic E-state index is -3.90. The maximum atomic E-state index is 13.8. The number of carbonyl (C=O) groups is 2. The lowest BCUT2D eigenvalue weighted by Gasteiger charge is -2.36. The number of nitrogens with zero attached hydrogens (tertiary/aromatic N) is 5. The van der Waals surface area contributed by atoms with Gasteiger partial charge in [-0.2, -0.15) is 4.31 Å². The number of sulfonamides is 1. The number of carboxylic acid groups (broad SMARTS) is 1. The zero-order chi connectivity index (χ0) is 30.8. The summed E-state index contributed by atoms with van der Waals surface area (Å²) in [6.45, 7) is 0.407. The summed E-state index contributed by atoms with van der Waals surface area (Å²) in [4.78, 5) is 41.5. The van der Waals surface area contributed by atoms with Gasteiger partial charge in [0.25, 0.3) is 0 Å². The van der Waals surface area contributed by atoms with Crippen molar-refractivity contribution in [1.82, 2.24) is 24.2 Å². The van der Waals surface area contributed by atoms with Crippen LogP contribution in [0.3, 0.4) is 0 Å². The van der Waals surface area contributed by atoms with Crippen LogP contribution in [0.1, 0.15) is 43.6 Å². The van der Waals surface area contributed by atoms with Gasteiger partial charge in [0.1, 0.15) is 16.4 Å². The molecule has 6 rings (SSSR count). The Bertz CT molecular complexity index is 1760. The first-order chi connectivity index (χ1) is 21.2. The zero-order valence-electron chi connectivity index (χ0n) is 24.3. The molecule has 230 valence electrons. The molecule has 1 aliphatic carbocycles. The molecular weight excluding hydrogens is 601 g/mol. The SMILES string of the molecule is CN1CCN(S(=O)(=O)c2ccc(C(CC3CCCC3)C(=O)Nc3nc4ccc(-c5ccccn5)nc4s3)cc2)C[C@@H]1C(=O)O. The van der Waals surface area contributed by atoms with Crippen LogP contribution in [0.5, 0.6) is 0 Å². The fourth-order valence-electron chi connectivity index (χ4n) is 6.05. The average molecular weight is 635 g/mol. The highest BCUT2D eigenvalue weighted by molar-refractivity contribution is 7.89. The number of carboxylic acids is 1. The minimum Gasteiger partial charge on any atom is -0.480 e. The van der Waals surface area contributed by atoms with Crippen LogP contribution in [-0.2, 0) is 19.6 Å². The number of hydrogen-bond acceptors (Lipinski definition) is 9. The standard InChI is InChI=1S/C31H34N6O5S2/c1-36-16-17-37(19-27(36)30(39)40)44(41,42)22-11-9-21(10-12-22)23(18-20-6-2-3-7-20)28(38)35-31-34-26-14-13-25(33-29(26)43-31)24-8-4-5-15-32-24/h4-5,8-15,20,23,27H,2-3,6-7,16-19H2,1H3,(H,39,40)(H,34,35,38)/t23?,27-/m1/s1. The van der Waals surface area contributed by atoms with Crippen molar-refractivity contribution in [2.75, 3.05) is 32.0 Å². The molecule has 3 aromatic heterocycles. The smallest absolute Gasteiger partial charge is 0.322 e. The number of aliphatic carboxylic acids is 1. The molecule has 13 heteroatoms. The molecule has 1 unspecified atom stereocenters. The van der Waals surface area contributed by atoms with E-state index in [1.807, 2.05) is 30.3 Å². The monoisotopic (exact) mass is 634 g/mol. The van der Waals surface area contributed by atoms with Crippen molar-refractivity contribution in [2.45, 2.75) is 49.0 Å². The Kier molecular flexibility index (Phi) is 8.72. The number of benzene rings is 1. The van der Waals surface area contributed by atoms with E-state index in [4.69, 9.17) is 4.98 Å². The van der Waals surface area contributed by atoms with E-state index in [0.717, 1.165) is 42.6 Å². The van der Waals surface area contributed by atoms with E-state index < -0.39 is 28.0 Å². The summed E-state index contributed by atoms with van der Waals surface area (Å²) in [7, 11) is -2.22. The van der Waals surface area contributed by atoms with Gasteiger partial charge in [0, 0.05) is 25.8 Å². The second kappa shape index (κ2) is 12.7. The highest BCUT2D eigenvalue weighted by Gasteiger charge is 2.36. The Labute approximate surface area is 260 Å². The highest BCUT2D eigenvalue weighted by Crippen LogP contribution is 2.36. The molecule has 1 saturated carbocycles. The third-order valence-electron chi connectivity index (χ3n) is 8.59. The lowest BCUT2D eigenvalue weighted by molar-refractivity contribution is -0.144. The Hall–Kier alpha value is -3.78. The number of thiazole rings is 1. The summed E-state index contributed by atoms with van der Waals surface area (Å²) >= 11 is 1.30. The maximum absolute atomic E-state index is 13.8. The molecule has 1 amide bonds. The van der Waals surface area contributed by atoms with Crippen LogP contribution < -0.4 is 5.32 Å². The number of anilines is 1. The van der Waals surface area contributed by atoms with Gasteiger partial charge < -0.3 is 10.4 Å². The number of carbonyl (C=O) groups excluding carboxylic acids is 1. The van der Waals surface area contributed by atoms with Gasteiger partial charge in [-0.25, -0.2) is 18.4 Å². The summed E-state index contributed by atoms with van der Waals surface area (Å²) in [5, 5.41) is 13.0. The third-order valence-corrected chi connectivity index (χ3v) is 11.3. The summed E-state index contributed by atoms with van der Waals surface area (Å²) < 4.78 is 28.1. The fourth-order valence-corrected chi connectivity index (χ4v) is 8.33. The number of rotatable bonds is 9. The molecular formula is C31H34N6O5S2. The second-order valence-corrected chi connectivity index (χ2v) is 14.4. The van der Waals surface area contributed by atoms with Gasteiger partial charge in [-0.3, -0.25) is 19.5 Å². The Morgan fingerprint density at radius 1 is 1.02 bits per heavy atom. The van der Waals surface area contributed by atoms with Crippen molar-refractivity contribution in [3.05, 3.63) is 66.4 Å². The van der Waals surface area contributed by atoms with Crippen molar-refractivity contribution in [2.24, 2.45) is 5.92 Å². The number of hydrogen-bond donors (Lipinski definition) is 2. The maximum Gasteiger partial charge on any atom is 0.322 e. The van der Waals surface area contributed by atoms with Crippen LogP contribution in [0.15, 0.2) is 65.7 Å². The quantitative estimate of drug-likeness (QED) is 0.273. The van der Waals surface area contributed by atoms with E-state index in [1.165, 1.54) is 27.8 Å². The van der Waals surface area contributed by atoms with Crippen molar-refractivity contribution in [3.63, 3.8) is 0 Å². The van der Waals surface area contributed by atoms with Crippen LogP contribution in [0.2, 0.25) is 0 Å². The first kappa shape index (κ1) is 30.3. The molecule has 2 atom stereocenters. The van der Waals surface area contributed by atoms with Crippen LogP contribution in [0, 0.1) is 5.92 Å². The molecule has 0 bridgehead atoms.